The summed E-state index contributed by atoms with van der Waals surface area (Å²) in [6.07, 6.45) is 0. The highest BCUT2D eigenvalue weighted by atomic mass is 79.9. The highest BCUT2D eigenvalue weighted by molar-refractivity contribution is 9.10. The third-order valence-corrected chi connectivity index (χ3v) is 4.57. The van der Waals surface area contributed by atoms with Gasteiger partial charge in [0.2, 0.25) is 5.01 Å². The molecule has 2 aromatic rings. The molecule has 0 spiro atoms. The van der Waals surface area contributed by atoms with Crippen molar-refractivity contribution in [2.45, 2.75) is 5.92 Å². The summed E-state index contributed by atoms with van der Waals surface area (Å²) in [5, 5.41) is -0.102. The van der Waals surface area contributed by atoms with Crippen LogP contribution in [0.25, 0.3) is 11.3 Å². The molecule has 0 saturated heterocycles. The van der Waals surface area contributed by atoms with Crippen LogP contribution in [0.1, 0.15) is 14.7 Å². The van der Waals surface area contributed by atoms with Gasteiger partial charge in [-0.3, -0.25) is 0 Å². The van der Waals surface area contributed by atoms with E-state index in [0.29, 0.717) is 27.1 Å². The zero-order valence-electron chi connectivity index (χ0n) is 10.7. The molecule has 110 valence electrons. The number of esters is 1. The quantitative estimate of drug-likeness (QED) is 0.710. The van der Waals surface area contributed by atoms with E-state index in [4.69, 9.17) is 4.74 Å². The standard InChI is InChI=1S/C13H8BrF2NO3S/c1-19-12(18)11-17-9-7-4-6(14)2-3-8(7)20-5-13(15,16)10(9)21-11/h2-4H,5H2,1H3. The Morgan fingerprint density at radius 1 is 1.52 bits per heavy atom. The van der Waals surface area contributed by atoms with E-state index in [0.717, 1.165) is 0 Å². The van der Waals surface area contributed by atoms with Crippen molar-refractivity contribution < 1.29 is 23.0 Å². The fraction of sp³-hybridized carbons (Fsp3) is 0.231. The largest absolute Gasteiger partial charge is 0.486 e. The van der Waals surface area contributed by atoms with Crippen molar-refractivity contribution in [3.63, 3.8) is 0 Å². The number of methoxy groups -OCH3 is 1. The number of nitrogens with zero attached hydrogens (tertiary/aromatic N) is 1. The van der Waals surface area contributed by atoms with Crippen LogP contribution in [-0.2, 0) is 10.7 Å². The molecule has 0 aliphatic carbocycles. The Kier molecular flexibility index (Phi) is 3.45. The van der Waals surface area contributed by atoms with Gasteiger partial charge in [0.25, 0.3) is 0 Å². The van der Waals surface area contributed by atoms with E-state index < -0.39 is 18.5 Å². The maximum atomic E-state index is 14.2. The lowest BCUT2D eigenvalue weighted by atomic mass is 10.1. The van der Waals surface area contributed by atoms with Crippen molar-refractivity contribution in [1.29, 1.82) is 0 Å². The van der Waals surface area contributed by atoms with Crippen LogP contribution >= 0.6 is 27.3 Å². The van der Waals surface area contributed by atoms with Crippen molar-refractivity contribution in [3.05, 3.63) is 32.6 Å². The molecule has 0 bridgehead atoms. The zero-order valence-corrected chi connectivity index (χ0v) is 13.1. The number of fused-ring (bicyclic) bond motifs is 3. The number of carbonyl (C=O) groups excluding carboxylic acids is 1. The van der Waals surface area contributed by atoms with Crippen LogP contribution in [0.2, 0.25) is 0 Å². The van der Waals surface area contributed by atoms with Gasteiger partial charge < -0.3 is 9.47 Å². The van der Waals surface area contributed by atoms with Crippen LogP contribution in [0, 0.1) is 0 Å². The molecule has 21 heavy (non-hydrogen) atoms. The minimum Gasteiger partial charge on any atom is -0.486 e. The number of benzene rings is 1. The summed E-state index contributed by atoms with van der Waals surface area (Å²) in [5.74, 6) is -3.65. The van der Waals surface area contributed by atoms with E-state index in [1.54, 1.807) is 18.2 Å². The first-order chi connectivity index (χ1) is 9.92. The van der Waals surface area contributed by atoms with E-state index in [1.165, 1.54) is 7.11 Å². The predicted octanol–water partition coefficient (Wildman–Crippen LogP) is 3.84. The van der Waals surface area contributed by atoms with Crippen LogP contribution < -0.4 is 4.74 Å². The number of ether oxygens (including phenoxy) is 2. The molecule has 0 atom stereocenters. The van der Waals surface area contributed by atoms with Crippen LogP contribution in [0.5, 0.6) is 5.75 Å². The summed E-state index contributed by atoms with van der Waals surface area (Å²) < 4.78 is 38.8. The van der Waals surface area contributed by atoms with Crippen molar-refractivity contribution in [3.8, 4) is 17.0 Å². The number of hydrogen-bond donors (Lipinski definition) is 0. The Labute approximate surface area is 130 Å². The number of hydrogen-bond acceptors (Lipinski definition) is 5. The summed E-state index contributed by atoms with van der Waals surface area (Å²) in [4.78, 5) is 15.3. The normalized spacial score (nSPS) is 15.4. The van der Waals surface area contributed by atoms with Gasteiger partial charge in [-0.25, -0.2) is 9.78 Å². The molecule has 1 aliphatic heterocycles. The van der Waals surface area contributed by atoms with Crippen LogP contribution in [0.3, 0.4) is 0 Å². The predicted molar refractivity (Wildman–Crippen MR) is 76.0 cm³/mol. The minimum atomic E-state index is -3.22. The molecule has 1 aromatic carbocycles. The fourth-order valence-electron chi connectivity index (χ4n) is 1.97. The second-order valence-electron chi connectivity index (χ2n) is 4.32. The van der Waals surface area contributed by atoms with Gasteiger partial charge in [-0.2, -0.15) is 8.78 Å². The number of alkyl halides is 2. The van der Waals surface area contributed by atoms with Crippen molar-refractivity contribution >= 4 is 33.2 Å². The lowest BCUT2D eigenvalue weighted by Crippen LogP contribution is -2.20. The van der Waals surface area contributed by atoms with Crippen LogP contribution in [-0.4, -0.2) is 24.7 Å². The van der Waals surface area contributed by atoms with Gasteiger partial charge in [0.05, 0.1) is 12.8 Å². The number of halogens is 3. The lowest BCUT2D eigenvalue weighted by molar-refractivity contribution is -0.0412. The van der Waals surface area contributed by atoms with Crippen LogP contribution in [0.4, 0.5) is 8.78 Å². The Morgan fingerprint density at radius 2 is 2.29 bits per heavy atom. The molecule has 0 amide bonds. The average molecular weight is 376 g/mol. The summed E-state index contributed by atoms with van der Waals surface area (Å²) in [7, 11) is 1.18. The molecule has 0 unspecified atom stereocenters. The molecule has 0 saturated carbocycles. The molecule has 8 heteroatoms. The highest BCUT2D eigenvalue weighted by Crippen LogP contribution is 2.46. The van der Waals surface area contributed by atoms with E-state index in [2.05, 4.69) is 25.7 Å². The number of carbonyl (C=O) groups is 1. The smallest absolute Gasteiger partial charge is 0.367 e. The maximum Gasteiger partial charge on any atom is 0.367 e. The summed E-state index contributed by atoms with van der Waals surface area (Å²) in [6, 6.07) is 4.91. The van der Waals surface area contributed by atoms with Crippen molar-refractivity contribution in [2.24, 2.45) is 0 Å². The second-order valence-corrected chi connectivity index (χ2v) is 6.24. The summed E-state index contributed by atoms with van der Waals surface area (Å²) in [5.41, 5.74) is 0.474. The van der Waals surface area contributed by atoms with Gasteiger partial charge >= 0.3 is 11.9 Å². The molecule has 1 aliphatic rings. The third kappa shape index (κ3) is 2.42. The van der Waals surface area contributed by atoms with Gasteiger partial charge in [0, 0.05) is 10.0 Å². The summed E-state index contributed by atoms with van der Waals surface area (Å²) in [6.45, 7) is -0.794. The minimum absolute atomic E-state index is 0.0548. The maximum absolute atomic E-state index is 14.2. The molecule has 3 rings (SSSR count). The Balaban J connectivity index is 2.26. The SMILES string of the molecule is COC(=O)c1nc2c(s1)C(F)(F)COc1ccc(Br)cc1-2. The molecule has 2 heterocycles. The fourth-order valence-corrected chi connectivity index (χ4v) is 3.29. The average Bonchev–Trinajstić information content (AvgIpc) is 2.87. The van der Waals surface area contributed by atoms with Gasteiger partial charge in [-0.1, -0.05) is 15.9 Å². The molecule has 0 radical (unpaired) electrons. The lowest BCUT2D eigenvalue weighted by Gasteiger charge is -2.12. The summed E-state index contributed by atoms with van der Waals surface area (Å²) >= 11 is 3.91. The van der Waals surface area contributed by atoms with Gasteiger partial charge in [-0.05, 0) is 18.2 Å². The van der Waals surface area contributed by atoms with Gasteiger partial charge in [0.1, 0.15) is 10.6 Å². The first-order valence-electron chi connectivity index (χ1n) is 5.82. The highest BCUT2D eigenvalue weighted by Gasteiger charge is 2.42. The molecular formula is C13H8BrF2NO3S. The third-order valence-electron chi connectivity index (χ3n) is 2.93. The van der Waals surface area contributed by atoms with E-state index in [-0.39, 0.29) is 15.6 Å². The first-order valence-corrected chi connectivity index (χ1v) is 7.43. The number of rotatable bonds is 1. The Morgan fingerprint density at radius 3 is 3.00 bits per heavy atom. The molecule has 1 aromatic heterocycles. The zero-order chi connectivity index (χ0) is 15.2. The first kappa shape index (κ1) is 14.4. The van der Waals surface area contributed by atoms with Gasteiger partial charge in [0.15, 0.2) is 6.61 Å². The Hall–Kier alpha value is -1.54. The second kappa shape index (κ2) is 5.03. The van der Waals surface area contributed by atoms with Crippen LogP contribution in [0.15, 0.2) is 22.7 Å². The monoisotopic (exact) mass is 375 g/mol. The number of thiazole rings is 1. The van der Waals surface area contributed by atoms with Crippen molar-refractivity contribution in [2.75, 3.05) is 13.7 Å². The van der Waals surface area contributed by atoms with E-state index >= 15 is 0 Å². The Bertz CT molecular complexity index is 732. The van der Waals surface area contributed by atoms with E-state index in [1.807, 2.05) is 0 Å². The topological polar surface area (TPSA) is 48.4 Å². The number of aromatic nitrogens is 1. The molecular weight excluding hydrogens is 368 g/mol. The molecule has 4 nitrogen and oxygen atoms in total. The van der Waals surface area contributed by atoms with E-state index in [9.17, 15) is 13.6 Å². The van der Waals surface area contributed by atoms with Crippen molar-refractivity contribution in [1.82, 2.24) is 4.98 Å². The molecule has 0 N–H and O–H groups in total. The van der Waals surface area contributed by atoms with Gasteiger partial charge in [-0.15, -0.1) is 11.3 Å². The molecule has 0 fully saturated rings.